The summed E-state index contributed by atoms with van der Waals surface area (Å²) in [6.45, 7) is 0. The van der Waals surface area contributed by atoms with Crippen LogP contribution in [0, 0.1) is 0 Å². The fourth-order valence-electron chi connectivity index (χ4n) is 2.15. The van der Waals surface area contributed by atoms with E-state index < -0.39 is 5.97 Å². The zero-order valence-corrected chi connectivity index (χ0v) is 10.6. The van der Waals surface area contributed by atoms with E-state index >= 15 is 0 Å². The van der Waals surface area contributed by atoms with E-state index in [0.29, 0.717) is 5.56 Å². The summed E-state index contributed by atoms with van der Waals surface area (Å²) in [4.78, 5) is 11.2. The number of benzene rings is 2. The molecule has 0 aliphatic heterocycles. The van der Waals surface area contributed by atoms with Crippen LogP contribution >= 0.6 is 0 Å². The van der Waals surface area contributed by atoms with Gasteiger partial charge in [0.1, 0.15) is 5.76 Å². The van der Waals surface area contributed by atoms with E-state index in [4.69, 9.17) is 4.42 Å². The van der Waals surface area contributed by atoms with Gasteiger partial charge in [-0.15, -0.1) is 0 Å². The number of furan rings is 1. The Morgan fingerprint density at radius 1 is 0.900 bits per heavy atom. The van der Waals surface area contributed by atoms with E-state index in [1.807, 2.05) is 42.5 Å². The predicted octanol–water partition coefficient (Wildman–Crippen LogP) is 4.31. The molecule has 0 saturated carbocycles. The highest BCUT2D eigenvalue weighted by atomic mass is 16.4. The van der Waals surface area contributed by atoms with Crippen molar-refractivity contribution in [3.8, 4) is 22.5 Å². The molecule has 1 aromatic heterocycles. The van der Waals surface area contributed by atoms with Gasteiger partial charge in [0.15, 0.2) is 0 Å². The van der Waals surface area contributed by atoms with Crippen molar-refractivity contribution in [1.29, 1.82) is 0 Å². The normalized spacial score (nSPS) is 10.4. The topological polar surface area (TPSA) is 50.4 Å². The third-order valence-electron chi connectivity index (χ3n) is 3.13. The van der Waals surface area contributed by atoms with Gasteiger partial charge in [0.2, 0.25) is 0 Å². The lowest BCUT2D eigenvalue weighted by molar-refractivity contribution is 0.0697. The van der Waals surface area contributed by atoms with Gasteiger partial charge < -0.3 is 9.52 Å². The molecule has 1 N–H and O–H groups in total. The Morgan fingerprint density at radius 2 is 1.60 bits per heavy atom. The molecule has 0 aliphatic rings. The maximum absolute atomic E-state index is 11.2. The second kappa shape index (κ2) is 5.05. The first-order valence-corrected chi connectivity index (χ1v) is 6.22. The number of aromatic carboxylic acids is 1. The SMILES string of the molecule is O=C(O)c1ccccc1-c1coc(-c2ccccc2)c1. The molecule has 0 spiro atoms. The molecular formula is C17H12O3. The molecule has 3 heteroatoms. The van der Waals surface area contributed by atoms with Crippen molar-refractivity contribution in [3.63, 3.8) is 0 Å². The van der Waals surface area contributed by atoms with E-state index in [1.54, 1.807) is 24.5 Å². The van der Waals surface area contributed by atoms with Gasteiger partial charge in [-0.25, -0.2) is 4.79 Å². The first kappa shape index (κ1) is 12.2. The maximum atomic E-state index is 11.2. The molecule has 20 heavy (non-hydrogen) atoms. The summed E-state index contributed by atoms with van der Waals surface area (Å²) in [5, 5.41) is 9.22. The zero-order valence-electron chi connectivity index (χ0n) is 10.6. The molecule has 0 unspecified atom stereocenters. The lowest BCUT2D eigenvalue weighted by Crippen LogP contribution is -1.98. The van der Waals surface area contributed by atoms with E-state index in [1.165, 1.54) is 0 Å². The molecule has 3 aromatic rings. The molecule has 1 heterocycles. The second-order valence-corrected chi connectivity index (χ2v) is 4.42. The van der Waals surface area contributed by atoms with Crippen LogP contribution in [0.25, 0.3) is 22.5 Å². The Bertz CT molecular complexity index is 742. The van der Waals surface area contributed by atoms with Crippen LogP contribution in [0.2, 0.25) is 0 Å². The molecule has 3 nitrogen and oxygen atoms in total. The number of carboxylic acids is 1. The van der Waals surface area contributed by atoms with Crippen molar-refractivity contribution in [2.75, 3.05) is 0 Å². The Labute approximate surface area is 116 Å². The van der Waals surface area contributed by atoms with Crippen LogP contribution in [0.5, 0.6) is 0 Å². The van der Waals surface area contributed by atoms with Gasteiger partial charge in [-0.05, 0) is 17.7 Å². The van der Waals surface area contributed by atoms with Gasteiger partial charge in [0.25, 0.3) is 0 Å². The Kier molecular flexibility index (Phi) is 3.09. The van der Waals surface area contributed by atoms with Crippen LogP contribution in [0.3, 0.4) is 0 Å². The van der Waals surface area contributed by atoms with Gasteiger partial charge in [0.05, 0.1) is 11.8 Å². The predicted molar refractivity (Wildman–Crippen MR) is 76.5 cm³/mol. The summed E-state index contributed by atoms with van der Waals surface area (Å²) in [5.41, 5.74) is 2.66. The Morgan fingerprint density at radius 3 is 2.35 bits per heavy atom. The zero-order chi connectivity index (χ0) is 13.9. The van der Waals surface area contributed by atoms with Crippen molar-refractivity contribution in [2.24, 2.45) is 0 Å². The van der Waals surface area contributed by atoms with Crippen molar-refractivity contribution in [2.45, 2.75) is 0 Å². The van der Waals surface area contributed by atoms with Gasteiger partial charge in [-0.1, -0.05) is 48.5 Å². The summed E-state index contributed by atoms with van der Waals surface area (Å²) >= 11 is 0. The van der Waals surface area contributed by atoms with Gasteiger partial charge in [-0.2, -0.15) is 0 Å². The molecule has 0 fully saturated rings. The summed E-state index contributed by atoms with van der Waals surface area (Å²) in [5.74, 6) is -0.219. The number of rotatable bonds is 3. The maximum Gasteiger partial charge on any atom is 0.336 e. The molecule has 2 aromatic carbocycles. The molecular weight excluding hydrogens is 252 g/mol. The van der Waals surface area contributed by atoms with Gasteiger partial charge >= 0.3 is 5.97 Å². The highest BCUT2D eigenvalue weighted by Gasteiger charge is 2.13. The molecule has 0 radical (unpaired) electrons. The number of carbonyl (C=O) groups is 1. The Balaban J connectivity index is 2.05. The molecule has 0 amide bonds. The van der Waals surface area contributed by atoms with E-state index in [9.17, 15) is 9.90 Å². The van der Waals surface area contributed by atoms with Crippen molar-refractivity contribution in [1.82, 2.24) is 0 Å². The minimum absolute atomic E-state index is 0.271. The lowest BCUT2D eigenvalue weighted by atomic mass is 10.0. The number of carboxylic acid groups (broad SMARTS) is 1. The monoisotopic (exact) mass is 264 g/mol. The lowest BCUT2D eigenvalue weighted by Gasteiger charge is -2.01. The molecule has 3 rings (SSSR count). The fraction of sp³-hybridized carbons (Fsp3) is 0. The average Bonchev–Trinajstić information content (AvgIpc) is 2.98. The standard InChI is InChI=1S/C17H12O3/c18-17(19)15-9-5-4-8-14(15)13-10-16(20-11-13)12-6-2-1-3-7-12/h1-11H,(H,18,19). The molecule has 0 atom stereocenters. The van der Waals surface area contributed by atoms with E-state index in [2.05, 4.69) is 0 Å². The highest BCUT2D eigenvalue weighted by Crippen LogP contribution is 2.30. The summed E-state index contributed by atoms with van der Waals surface area (Å²) in [6, 6.07) is 18.5. The number of hydrogen-bond acceptors (Lipinski definition) is 2. The fourth-order valence-corrected chi connectivity index (χ4v) is 2.15. The largest absolute Gasteiger partial charge is 0.478 e. The third-order valence-corrected chi connectivity index (χ3v) is 3.13. The quantitative estimate of drug-likeness (QED) is 0.766. The first-order valence-electron chi connectivity index (χ1n) is 6.22. The van der Waals surface area contributed by atoms with Crippen LogP contribution in [0.4, 0.5) is 0 Å². The second-order valence-electron chi connectivity index (χ2n) is 4.42. The summed E-state index contributed by atoms with van der Waals surface area (Å²) in [6.07, 6.45) is 1.59. The van der Waals surface area contributed by atoms with Crippen molar-refractivity contribution >= 4 is 5.97 Å². The van der Waals surface area contributed by atoms with Crippen LogP contribution in [-0.4, -0.2) is 11.1 Å². The van der Waals surface area contributed by atoms with Crippen molar-refractivity contribution in [3.05, 3.63) is 72.5 Å². The van der Waals surface area contributed by atoms with Gasteiger partial charge in [-0.3, -0.25) is 0 Å². The Hall–Kier alpha value is -2.81. The van der Waals surface area contributed by atoms with Crippen LogP contribution in [0.1, 0.15) is 10.4 Å². The summed E-state index contributed by atoms with van der Waals surface area (Å²) < 4.78 is 5.55. The van der Waals surface area contributed by atoms with Crippen LogP contribution in [0.15, 0.2) is 71.3 Å². The van der Waals surface area contributed by atoms with E-state index in [0.717, 1.165) is 16.9 Å². The third kappa shape index (κ3) is 2.21. The molecule has 0 bridgehead atoms. The molecule has 98 valence electrons. The average molecular weight is 264 g/mol. The molecule has 0 aliphatic carbocycles. The highest BCUT2D eigenvalue weighted by molar-refractivity contribution is 5.96. The van der Waals surface area contributed by atoms with Crippen LogP contribution in [-0.2, 0) is 0 Å². The van der Waals surface area contributed by atoms with Gasteiger partial charge in [0, 0.05) is 11.1 Å². The first-order chi connectivity index (χ1) is 9.75. The minimum atomic E-state index is -0.942. The van der Waals surface area contributed by atoms with Crippen LogP contribution < -0.4 is 0 Å². The number of hydrogen-bond donors (Lipinski definition) is 1. The van der Waals surface area contributed by atoms with Crippen molar-refractivity contribution < 1.29 is 14.3 Å². The summed E-state index contributed by atoms with van der Waals surface area (Å²) in [7, 11) is 0. The van der Waals surface area contributed by atoms with E-state index in [-0.39, 0.29) is 5.56 Å². The minimum Gasteiger partial charge on any atom is -0.478 e. The molecule has 0 saturated heterocycles. The smallest absolute Gasteiger partial charge is 0.336 e.